The van der Waals surface area contributed by atoms with Crippen LogP contribution in [0, 0.1) is 0 Å². The average molecular weight is 373 g/mol. The van der Waals surface area contributed by atoms with Crippen LogP contribution in [0.15, 0.2) is 39.5 Å². The molecule has 1 aromatic carbocycles. The lowest BCUT2D eigenvalue weighted by Crippen LogP contribution is -2.11. The molecule has 5 heteroatoms. The number of benzene rings is 1. The van der Waals surface area contributed by atoms with E-state index in [1.54, 1.807) is 0 Å². The molecule has 2 N–H and O–H groups in total. The predicted molar refractivity (Wildman–Crippen MR) is 80.3 cm³/mol. The van der Waals surface area contributed by atoms with Gasteiger partial charge in [-0.25, -0.2) is 0 Å². The molecule has 3 nitrogen and oxygen atoms in total. The van der Waals surface area contributed by atoms with Crippen molar-refractivity contribution in [2.75, 3.05) is 0 Å². The van der Waals surface area contributed by atoms with Gasteiger partial charge in [-0.3, -0.25) is 4.68 Å². The molecule has 0 fully saturated rings. The largest absolute Gasteiger partial charge is 0.324 e. The summed E-state index contributed by atoms with van der Waals surface area (Å²) < 4.78 is 3.92. The predicted octanol–water partition coefficient (Wildman–Crippen LogP) is 3.58. The van der Waals surface area contributed by atoms with Crippen LogP contribution in [0.3, 0.4) is 0 Å². The molecule has 0 bridgehead atoms. The molecule has 0 saturated carbocycles. The minimum absolute atomic E-state index is 0.0349. The van der Waals surface area contributed by atoms with Crippen molar-refractivity contribution in [3.05, 3.63) is 50.7 Å². The number of rotatable bonds is 4. The van der Waals surface area contributed by atoms with Gasteiger partial charge in [-0.1, -0.05) is 37.9 Å². The number of nitrogens with two attached hydrogens (primary N) is 1. The van der Waals surface area contributed by atoms with E-state index in [0.717, 1.165) is 27.4 Å². The molecule has 0 saturated heterocycles. The molecule has 0 spiro atoms. The monoisotopic (exact) mass is 371 g/mol. The Morgan fingerprint density at radius 3 is 2.78 bits per heavy atom. The summed E-state index contributed by atoms with van der Waals surface area (Å²) in [7, 11) is 1.93. The van der Waals surface area contributed by atoms with E-state index in [4.69, 9.17) is 5.73 Å². The Labute approximate surface area is 124 Å². The normalized spacial score (nSPS) is 12.7. The summed E-state index contributed by atoms with van der Waals surface area (Å²) in [6.45, 7) is 0. The second-order valence-corrected chi connectivity index (χ2v) is 6.10. The van der Waals surface area contributed by atoms with E-state index in [1.807, 2.05) is 36.3 Å². The number of nitrogens with zero attached hydrogens (tertiary/aromatic N) is 2. The third-order valence-corrected chi connectivity index (χ3v) is 4.04. The average Bonchev–Trinajstić information content (AvgIpc) is 2.72. The Balaban J connectivity index is 2.01. The summed E-state index contributed by atoms with van der Waals surface area (Å²) in [5, 5.41) is 4.16. The highest BCUT2D eigenvalue weighted by atomic mass is 79.9. The van der Waals surface area contributed by atoms with Crippen molar-refractivity contribution in [3.8, 4) is 0 Å². The van der Waals surface area contributed by atoms with Gasteiger partial charge in [0.2, 0.25) is 0 Å². The topological polar surface area (TPSA) is 43.8 Å². The Kier molecular flexibility index (Phi) is 4.59. The molecule has 2 aromatic rings. The maximum Gasteiger partial charge on any atom is 0.0521 e. The maximum absolute atomic E-state index is 6.23. The SMILES string of the molecule is Cn1cc(CCC(N)c2ccc(Br)cc2Br)cn1. The molecule has 1 heterocycles. The summed E-state index contributed by atoms with van der Waals surface area (Å²) in [5.41, 5.74) is 8.59. The highest BCUT2D eigenvalue weighted by Crippen LogP contribution is 2.27. The van der Waals surface area contributed by atoms with Crippen LogP contribution in [0.1, 0.15) is 23.6 Å². The summed E-state index contributed by atoms with van der Waals surface area (Å²) in [4.78, 5) is 0. The molecule has 0 radical (unpaired) electrons. The van der Waals surface area contributed by atoms with Crippen molar-refractivity contribution < 1.29 is 0 Å². The van der Waals surface area contributed by atoms with Gasteiger partial charge in [0.05, 0.1) is 6.20 Å². The minimum Gasteiger partial charge on any atom is -0.324 e. The molecule has 0 aliphatic heterocycles. The lowest BCUT2D eigenvalue weighted by molar-refractivity contribution is 0.648. The summed E-state index contributed by atoms with van der Waals surface area (Å²) >= 11 is 6.99. The van der Waals surface area contributed by atoms with Crippen molar-refractivity contribution in [2.24, 2.45) is 12.8 Å². The second kappa shape index (κ2) is 5.99. The van der Waals surface area contributed by atoms with Crippen LogP contribution in [0.25, 0.3) is 0 Å². The molecule has 0 aliphatic rings. The smallest absolute Gasteiger partial charge is 0.0521 e. The Hall–Kier alpha value is -0.650. The quantitative estimate of drug-likeness (QED) is 0.891. The standard InChI is InChI=1S/C13H15Br2N3/c1-18-8-9(7-17-18)2-5-13(16)11-4-3-10(14)6-12(11)15/h3-4,6-8,13H,2,5,16H2,1H3. The van der Waals surface area contributed by atoms with E-state index in [1.165, 1.54) is 5.56 Å². The van der Waals surface area contributed by atoms with Gasteiger partial charge in [0.25, 0.3) is 0 Å². The zero-order valence-electron chi connectivity index (χ0n) is 10.1. The summed E-state index contributed by atoms with van der Waals surface area (Å²) in [6.07, 6.45) is 5.77. The molecule has 1 atom stereocenters. The van der Waals surface area contributed by atoms with Crippen LogP contribution < -0.4 is 5.73 Å². The molecular formula is C13H15Br2N3. The van der Waals surface area contributed by atoms with Crippen LogP contribution in [0.2, 0.25) is 0 Å². The number of aryl methyl sites for hydroxylation is 2. The van der Waals surface area contributed by atoms with E-state index < -0.39 is 0 Å². The Morgan fingerprint density at radius 1 is 1.39 bits per heavy atom. The van der Waals surface area contributed by atoms with E-state index in [9.17, 15) is 0 Å². The number of halogens is 2. The van der Waals surface area contributed by atoms with Gasteiger partial charge in [-0.2, -0.15) is 5.10 Å². The molecule has 0 aliphatic carbocycles. The van der Waals surface area contributed by atoms with E-state index in [0.29, 0.717) is 0 Å². The lowest BCUT2D eigenvalue weighted by Gasteiger charge is -2.13. The van der Waals surface area contributed by atoms with E-state index >= 15 is 0 Å². The van der Waals surface area contributed by atoms with Crippen LogP contribution in [0.5, 0.6) is 0 Å². The van der Waals surface area contributed by atoms with Gasteiger partial charge in [0, 0.05) is 28.2 Å². The van der Waals surface area contributed by atoms with Gasteiger partial charge in [-0.05, 0) is 36.1 Å². The highest BCUT2D eigenvalue weighted by molar-refractivity contribution is 9.11. The maximum atomic E-state index is 6.23. The zero-order valence-corrected chi connectivity index (χ0v) is 13.3. The number of hydrogen-bond donors (Lipinski definition) is 1. The Morgan fingerprint density at radius 2 is 2.17 bits per heavy atom. The second-order valence-electron chi connectivity index (χ2n) is 4.33. The van der Waals surface area contributed by atoms with Gasteiger partial charge in [-0.15, -0.1) is 0 Å². The molecule has 2 rings (SSSR count). The third kappa shape index (κ3) is 3.43. The first-order chi connectivity index (χ1) is 8.56. The van der Waals surface area contributed by atoms with Crippen molar-refractivity contribution in [3.63, 3.8) is 0 Å². The fourth-order valence-corrected chi connectivity index (χ4v) is 3.22. The van der Waals surface area contributed by atoms with Gasteiger partial charge in [0.15, 0.2) is 0 Å². The first kappa shape index (κ1) is 13.8. The number of aromatic nitrogens is 2. The van der Waals surface area contributed by atoms with Crippen LogP contribution in [-0.4, -0.2) is 9.78 Å². The molecule has 0 amide bonds. The first-order valence-electron chi connectivity index (χ1n) is 5.74. The van der Waals surface area contributed by atoms with Crippen LogP contribution in [-0.2, 0) is 13.5 Å². The van der Waals surface area contributed by atoms with Gasteiger partial charge >= 0.3 is 0 Å². The van der Waals surface area contributed by atoms with Crippen molar-refractivity contribution in [2.45, 2.75) is 18.9 Å². The third-order valence-electron chi connectivity index (χ3n) is 2.86. The van der Waals surface area contributed by atoms with Crippen molar-refractivity contribution >= 4 is 31.9 Å². The summed E-state index contributed by atoms with van der Waals surface area (Å²) in [5.74, 6) is 0. The first-order valence-corrected chi connectivity index (χ1v) is 7.33. The molecule has 1 unspecified atom stereocenters. The van der Waals surface area contributed by atoms with Crippen LogP contribution in [0.4, 0.5) is 0 Å². The van der Waals surface area contributed by atoms with E-state index in [-0.39, 0.29) is 6.04 Å². The van der Waals surface area contributed by atoms with Crippen molar-refractivity contribution in [1.29, 1.82) is 0 Å². The van der Waals surface area contributed by atoms with Crippen molar-refractivity contribution in [1.82, 2.24) is 9.78 Å². The summed E-state index contributed by atoms with van der Waals surface area (Å²) in [6, 6.07) is 6.14. The molecule has 18 heavy (non-hydrogen) atoms. The lowest BCUT2D eigenvalue weighted by atomic mass is 10.0. The number of hydrogen-bond acceptors (Lipinski definition) is 2. The van der Waals surface area contributed by atoms with E-state index in [2.05, 4.69) is 43.0 Å². The van der Waals surface area contributed by atoms with Gasteiger partial charge < -0.3 is 5.73 Å². The fraction of sp³-hybridized carbons (Fsp3) is 0.308. The molecule has 1 aromatic heterocycles. The van der Waals surface area contributed by atoms with Gasteiger partial charge in [0.1, 0.15) is 0 Å². The zero-order chi connectivity index (χ0) is 13.1. The fourth-order valence-electron chi connectivity index (χ4n) is 1.88. The minimum atomic E-state index is 0.0349. The van der Waals surface area contributed by atoms with Crippen LogP contribution >= 0.6 is 31.9 Å². The Bertz CT molecular complexity index is 537. The molecular weight excluding hydrogens is 358 g/mol. The molecule has 96 valence electrons. The highest BCUT2D eigenvalue weighted by Gasteiger charge is 2.10.